The smallest absolute Gasteiger partial charge is 0.194 e. The van der Waals surface area contributed by atoms with Crippen molar-refractivity contribution >= 4 is 58.7 Å². The summed E-state index contributed by atoms with van der Waals surface area (Å²) in [5.74, 6) is 0.257. The van der Waals surface area contributed by atoms with Gasteiger partial charge in [-0.15, -0.1) is 4.33 Å². The average Bonchev–Trinajstić information content (AvgIpc) is 3.79. The van der Waals surface area contributed by atoms with E-state index in [2.05, 4.69) is 14.2 Å². The van der Waals surface area contributed by atoms with Crippen LogP contribution in [-0.4, -0.2) is 62.3 Å². The van der Waals surface area contributed by atoms with Crippen molar-refractivity contribution in [3.63, 3.8) is 0 Å². The van der Waals surface area contributed by atoms with Crippen LogP contribution < -0.4 is 0 Å². The first kappa shape index (κ1) is 33.8. The molecule has 0 spiro atoms. The number of nitrogens with zero attached hydrogens (tertiary/aromatic N) is 2. The van der Waals surface area contributed by atoms with Gasteiger partial charge in [-0.05, 0) is 35.4 Å². The number of ether oxygens (including phenoxy) is 4. The second-order valence-electron chi connectivity index (χ2n) is 9.40. The number of rotatable bonds is 13. The normalized spacial score (nSPS) is 17.3. The molecule has 0 bridgehead atoms. The molecule has 2 unspecified atom stereocenters. The number of benzene rings is 2. The summed E-state index contributed by atoms with van der Waals surface area (Å²) in [5.41, 5.74) is 2.12. The van der Waals surface area contributed by atoms with Crippen molar-refractivity contribution in [1.82, 2.24) is 9.55 Å². The van der Waals surface area contributed by atoms with Crippen LogP contribution in [-0.2, 0) is 38.9 Å². The van der Waals surface area contributed by atoms with E-state index in [-0.39, 0.29) is 24.4 Å². The second kappa shape index (κ2) is 18.0. The molecule has 3 aromatic rings. The molecule has 3 heterocycles. The van der Waals surface area contributed by atoms with Crippen LogP contribution in [0.2, 0.25) is 20.1 Å². The third kappa shape index (κ3) is 10.8. The molecule has 230 valence electrons. The third-order valence-electron chi connectivity index (χ3n) is 6.57. The van der Waals surface area contributed by atoms with Crippen molar-refractivity contribution in [2.75, 3.05) is 40.1 Å². The van der Waals surface area contributed by atoms with Gasteiger partial charge < -0.3 is 23.5 Å². The maximum Gasteiger partial charge on any atom is 0.194 e. The van der Waals surface area contributed by atoms with Crippen molar-refractivity contribution in [3.8, 4) is 0 Å². The first-order valence-electron chi connectivity index (χ1n) is 13.2. The highest BCUT2D eigenvalue weighted by molar-refractivity contribution is 7.89. The quantitative estimate of drug-likeness (QED) is 0.0779. The summed E-state index contributed by atoms with van der Waals surface area (Å²) in [4.78, 5) is 8.53. The standard InChI is InChI=1S/C15H16Cl2N2O2.C13H16Cl2O5S/c16-13-2-1-11(7-14(13)17)12(8-15-20-5-6-21-15)9-19-4-3-18-10-19;1-16-20-21-19-8-10(7-13-17-4-5-18-13)9-2-3-11(14)12(15)6-9/h1-4,7,10,12,15H,5-6,8-9H2;2-3,6,10,13H,4-5,7-8H2,1H3. The molecule has 0 radical (unpaired) electrons. The summed E-state index contributed by atoms with van der Waals surface area (Å²) in [6, 6.07) is 11.3. The van der Waals surface area contributed by atoms with E-state index < -0.39 is 0 Å². The van der Waals surface area contributed by atoms with Gasteiger partial charge in [-0.25, -0.2) is 9.87 Å². The predicted octanol–water partition coefficient (Wildman–Crippen LogP) is 7.73. The van der Waals surface area contributed by atoms with Crippen LogP contribution in [0.1, 0.15) is 35.8 Å². The van der Waals surface area contributed by atoms with Gasteiger partial charge in [-0.1, -0.05) is 58.5 Å². The van der Waals surface area contributed by atoms with Gasteiger partial charge in [0.2, 0.25) is 0 Å². The van der Waals surface area contributed by atoms with Gasteiger partial charge >= 0.3 is 0 Å². The Balaban J connectivity index is 0.000000193. The van der Waals surface area contributed by atoms with E-state index in [0.29, 0.717) is 59.5 Å². The maximum atomic E-state index is 6.14. The molecule has 0 aliphatic carbocycles. The number of aromatic nitrogens is 2. The number of imidazole rings is 1. The van der Waals surface area contributed by atoms with Gasteiger partial charge in [0.05, 0.1) is 66.6 Å². The van der Waals surface area contributed by atoms with Crippen LogP contribution in [0.3, 0.4) is 0 Å². The van der Waals surface area contributed by atoms with Crippen LogP contribution in [0, 0.1) is 0 Å². The zero-order valence-electron chi connectivity index (χ0n) is 22.8. The summed E-state index contributed by atoms with van der Waals surface area (Å²) < 4.78 is 34.1. The van der Waals surface area contributed by atoms with Crippen molar-refractivity contribution in [3.05, 3.63) is 86.3 Å². The highest BCUT2D eigenvalue weighted by atomic mass is 35.5. The molecule has 0 N–H and O–H groups in total. The summed E-state index contributed by atoms with van der Waals surface area (Å²) >= 11 is 24.9. The minimum atomic E-state index is -0.235. The number of halogens is 4. The minimum absolute atomic E-state index is 0.0378. The largest absolute Gasteiger partial charge is 0.350 e. The minimum Gasteiger partial charge on any atom is -0.350 e. The first-order valence-corrected chi connectivity index (χ1v) is 15.4. The molecule has 14 heteroatoms. The van der Waals surface area contributed by atoms with Crippen LogP contribution in [0.4, 0.5) is 0 Å². The number of hydrogen-bond acceptors (Lipinski definition) is 9. The molecule has 2 aliphatic rings. The lowest BCUT2D eigenvalue weighted by molar-refractivity contribution is -0.167. The van der Waals surface area contributed by atoms with Crippen molar-refractivity contribution in [1.29, 1.82) is 0 Å². The summed E-state index contributed by atoms with van der Waals surface area (Å²) in [7, 11) is 1.41. The van der Waals surface area contributed by atoms with E-state index in [9.17, 15) is 0 Å². The fourth-order valence-electron chi connectivity index (χ4n) is 4.51. The highest BCUT2D eigenvalue weighted by Gasteiger charge is 2.25. The van der Waals surface area contributed by atoms with Gasteiger partial charge in [0.25, 0.3) is 0 Å². The molecule has 9 nitrogen and oxygen atoms in total. The van der Waals surface area contributed by atoms with E-state index in [4.69, 9.17) is 69.5 Å². The Kier molecular flexibility index (Phi) is 14.5. The third-order valence-corrected chi connectivity index (χ3v) is 8.47. The molecular weight excluding hydrogens is 650 g/mol. The Hall–Kier alpha value is -1.12. The molecule has 2 aliphatic heterocycles. The SMILES string of the molecule is COOSOCC(CC1OCCO1)c1ccc(Cl)c(Cl)c1.Clc1ccc(C(CC2OCCO2)Cn2ccnc2)cc1Cl. The Labute approximate surface area is 269 Å². The molecule has 2 saturated heterocycles. The zero-order chi connectivity index (χ0) is 29.7. The molecule has 1 aromatic heterocycles. The lowest BCUT2D eigenvalue weighted by Gasteiger charge is -2.21. The fourth-order valence-corrected chi connectivity index (χ4v) is 5.43. The van der Waals surface area contributed by atoms with E-state index in [1.807, 2.05) is 41.1 Å². The molecule has 42 heavy (non-hydrogen) atoms. The molecule has 2 aromatic carbocycles. The molecule has 2 fully saturated rings. The van der Waals surface area contributed by atoms with Crippen LogP contribution in [0.5, 0.6) is 0 Å². The summed E-state index contributed by atoms with van der Waals surface area (Å²) in [5, 5.41) is 2.16. The van der Waals surface area contributed by atoms with Gasteiger partial charge in [-0.2, -0.15) is 0 Å². The average molecular weight is 682 g/mol. The molecule has 5 rings (SSSR count). The van der Waals surface area contributed by atoms with Gasteiger partial charge in [0.15, 0.2) is 24.9 Å². The van der Waals surface area contributed by atoms with Crippen LogP contribution >= 0.6 is 58.7 Å². The number of hydrogen-bond donors (Lipinski definition) is 0. The van der Waals surface area contributed by atoms with E-state index in [1.54, 1.807) is 18.6 Å². The van der Waals surface area contributed by atoms with Crippen molar-refractivity contribution in [2.24, 2.45) is 0 Å². The Bertz CT molecular complexity index is 1210. The Morgan fingerprint density at radius 2 is 1.38 bits per heavy atom. The maximum absolute atomic E-state index is 6.14. The first-order chi connectivity index (χ1) is 20.4. The Morgan fingerprint density at radius 1 is 0.833 bits per heavy atom. The van der Waals surface area contributed by atoms with E-state index in [1.165, 1.54) is 7.11 Å². The predicted molar refractivity (Wildman–Crippen MR) is 163 cm³/mol. The van der Waals surface area contributed by atoms with Gasteiger partial charge in [-0.3, -0.25) is 4.18 Å². The molecule has 0 amide bonds. The highest BCUT2D eigenvalue weighted by Crippen LogP contribution is 2.32. The fraction of sp³-hybridized carbons (Fsp3) is 0.464. The second-order valence-corrected chi connectivity index (χ2v) is 11.5. The van der Waals surface area contributed by atoms with Gasteiger partial charge in [0, 0.05) is 43.6 Å². The van der Waals surface area contributed by atoms with E-state index >= 15 is 0 Å². The Morgan fingerprint density at radius 3 is 1.88 bits per heavy atom. The molecule has 0 saturated carbocycles. The topological polar surface area (TPSA) is 82.4 Å². The molecule has 2 atom stereocenters. The molecular formula is C28H32Cl4N2O7S. The van der Waals surface area contributed by atoms with Gasteiger partial charge in [0.1, 0.15) is 0 Å². The van der Waals surface area contributed by atoms with Crippen molar-refractivity contribution < 1.29 is 32.4 Å². The summed E-state index contributed by atoms with van der Waals surface area (Å²) in [6.45, 7) is 3.73. The lowest BCUT2D eigenvalue weighted by Crippen LogP contribution is -2.17. The monoisotopic (exact) mass is 680 g/mol. The summed E-state index contributed by atoms with van der Waals surface area (Å²) in [6.07, 6.45) is 6.56. The lowest BCUT2D eigenvalue weighted by atomic mass is 9.95. The van der Waals surface area contributed by atoms with Crippen molar-refractivity contribution in [2.45, 2.75) is 43.8 Å². The zero-order valence-corrected chi connectivity index (χ0v) is 26.7. The van der Waals surface area contributed by atoms with Crippen LogP contribution in [0.15, 0.2) is 55.1 Å². The van der Waals surface area contributed by atoms with Crippen LogP contribution in [0.25, 0.3) is 0 Å². The van der Waals surface area contributed by atoms with E-state index in [0.717, 1.165) is 36.4 Å².